The summed E-state index contributed by atoms with van der Waals surface area (Å²) in [4.78, 5) is 15.6. The Balaban J connectivity index is 1.92. The molecule has 1 rings (SSSR count). The summed E-state index contributed by atoms with van der Waals surface area (Å²) >= 11 is 0. The summed E-state index contributed by atoms with van der Waals surface area (Å²) in [6, 6.07) is 0. The monoisotopic (exact) mass is 475 g/mol. The fraction of sp³-hybridized carbons (Fsp3) is 0.793. The van der Waals surface area contributed by atoms with Gasteiger partial charge in [0.15, 0.2) is 0 Å². The highest BCUT2D eigenvalue weighted by Crippen LogP contribution is 2.23. The summed E-state index contributed by atoms with van der Waals surface area (Å²) in [7, 11) is 0. The van der Waals surface area contributed by atoms with Gasteiger partial charge in [-0.1, -0.05) is 103 Å². The van der Waals surface area contributed by atoms with Gasteiger partial charge in [-0.25, -0.2) is 9.48 Å². The first-order valence-electron chi connectivity index (χ1n) is 14.3. The molecule has 5 heteroatoms. The lowest BCUT2D eigenvalue weighted by Gasteiger charge is -2.36. The molecule has 5 nitrogen and oxygen atoms in total. The van der Waals surface area contributed by atoms with Gasteiger partial charge in [0.25, 0.3) is 0 Å². The van der Waals surface area contributed by atoms with Crippen molar-refractivity contribution in [1.29, 1.82) is 0 Å². The SMILES string of the molecule is CCCCCCCCCCC/C=C/CCCCCCCCCC1=NC=C[N+]1(CC(=O)[O-])C(C)N. The maximum Gasteiger partial charge on any atom is 0.209 e. The van der Waals surface area contributed by atoms with Crippen molar-refractivity contribution < 1.29 is 14.4 Å². The van der Waals surface area contributed by atoms with Crippen molar-refractivity contribution in [3.8, 4) is 0 Å². The lowest BCUT2D eigenvalue weighted by Crippen LogP contribution is -2.60. The number of carbonyl (C=O) groups is 1. The standard InChI is InChI=1S/C29H53N3O2/c1-3-4-5-6-7-8-9-10-11-12-13-14-15-16-17-18-19-20-21-22-23-28-31-24-25-32(28,27(2)30)26-29(33)34/h13-14,24-25,27H,3-12,15-23,26,30H2,1-2H3/b14-13+. The van der Waals surface area contributed by atoms with Gasteiger partial charge < -0.3 is 9.90 Å². The summed E-state index contributed by atoms with van der Waals surface area (Å²) in [5.41, 5.74) is 6.09. The molecule has 0 spiro atoms. The molecule has 0 radical (unpaired) electrons. The minimum atomic E-state index is -1.09. The van der Waals surface area contributed by atoms with E-state index in [-0.39, 0.29) is 17.2 Å². The molecule has 0 saturated carbocycles. The zero-order valence-corrected chi connectivity index (χ0v) is 22.3. The number of hydrogen-bond donors (Lipinski definition) is 1. The molecule has 2 unspecified atom stereocenters. The van der Waals surface area contributed by atoms with Gasteiger partial charge in [0, 0.05) is 13.3 Å². The Labute approximate surface area is 210 Å². The van der Waals surface area contributed by atoms with E-state index in [1.165, 1.54) is 103 Å². The summed E-state index contributed by atoms with van der Waals surface area (Å²) in [5, 5.41) is 11.2. The number of nitrogens with two attached hydrogens (primary N) is 1. The number of aliphatic carboxylic acids is 1. The summed E-state index contributed by atoms with van der Waals surface area (Å²) in [6.07, 6.45) is 32.4. The van der Waals surface area contributed by atoms with E-state index in [4.69, 9.17) is 5.73 Å². The summed E-state index contributed by atoms with van der Waals surface area (Å²) < 4.78 is 0.106. The summed E-state index contributed by atoms with van der Waals surface area (Å²) in [6.45, 7) is 3.97. The van der Waals surface area contributed by atoms with E-state index < -0.39 is 5.97 Å². The molecule has 196 valence electrons. The molecule has 0 aliphatic carbocycles. The second-order valence-electron chi connectivity index (χ2n) is 10.1. The predicted molar refractivity (Wildman–Crippen MR) is 143 cm³/mol. The Kier molecular flexibility index (Phi) is 17.8. The highest BCUT2D eigenvalue weighted by molar-refractivity contribution is 5.81. The van der Waals surface area contributed by atoms with E-state index in [2.05, 4.69) is 24.1 Å². The Bertz CT molecular complexity index is 612. The van der Waals surface area contributed by atoms with Gasteiger partial charge in [-0.3, -0.25) is 5.73 Å². The van der Waals surface area contributed by atoms with Crippen LogP contribution in [0.15, 0.2) is 29.5 Å². The van der Waals surface area contributed by atoms with E-state index in [9.17, 15) is 9.90 Å². The smallest absolute Gasteiger partial charge is 0.209 e. The topological polar surface area (TPSA) is 78.5 Å². The number of hydrogen-bond acceptors (Lipinski definition) is 4. The second-order valence-corrected chi connectivity index (χ2v) is 10.1. The van der Waals surface area contributed by atoms with Gasteiger partial charge in [0.1, 0.15) is 18.9 Å². The van der Waals surface area contributed by atoms with Crippen LogP contribution in [0.25, 0.3) is 0 Å². The van der Waals surface area contributed by atoms with Gasteiger partial charge in [0.05, 0.1) is 12.2 Å². The van der Waals surface area contributed by atoms with Crippen LogP contribution in [0, 0.1) is 0 Å². The van der Waals surface area contributed by atoms with Gasteiger partial charge in [-0.05, 0) is 32.1 Å². The van der Waals surface area contributed by atoms with Crippen molar-refractivity contribution in [2.24, 2.45) is 10.7 Å². The van der Waals surface area contributed by atoms with Gasteiger partial charge in [-0.2, -0.15) is 0 Å². The number of allylic oxidation sites excluding steroid dienone is 2. The number of amidine groups is 1. The maximum atomic E-state index is 11.2. The largest absolute Gasteiger partial charge is 0.544 e. The van der Waals surface area contributed by atoms with E-state index >= 15 is 0 Å². The molecular formula is C29H53N3O2. The van der Waals surface area contributed by atoms with E-state index in [0.717, 1.165) is 25.1 Å². The highest BCUT2D eigenvalue weighted by Gasteiger charge is 2.38. The van der Waals surface area contributed by atoms with Crippen LogP contribution in [-0.4, -0.2) is 29.0 Å². The van der Waals surface area contributed by atoms with Crippen molar-refractivity contribution in [2.45, 2.75) is 142 Å². The minimum absolute atomic E-state index is 0.106. The van der Waals surface area contributed by atoms with E-state index in [1.54, 1.807) is 12.4 Å². The number of carbonyl (C=O) groups excluding carboxylic acids is 1. The van der Waals surface area contributed by atoms with Crippen LogP contribution in [-0.2, 0) is 4.79 Å². The van der Waals surface area contributed by atoms with Crippen LogP contribution in [0.3, 0.4) is 0 Å². The Morgan fingerprint density at radius 3 is 1.82 bits per heavy atom. The lowest BCUT2D eigenvalue weighted by molar-refractivity contribution is -0.808. The first-order chi connectivity index (χ1) is 16.5. The number of quaternary nitrogens is 1. The van der Waals surface area contributed by atoms with Crippen LogP contribution >= 0.6 is 0 Å². The fourth-order valence-corrected chi connectivity index (χ4v) is 4.81. The van der Waals surface area contributed by atoms with Crippen LogP contribution < -0.4 is 10.8 Å². The van der Waals surface area contributed by atoms with Crippen molar-refractivity contribution in [3.63, 3.8) is 0 Å². The number of carboxylic acid groups (broad SMARTS) is 1. The molecule has 2 N–H and O–H groups in total. The average Bonchev–Trinajstić information content (AvgIpc) is 3.20. The van der Waals surface area contributed by atoms with Gasteiger partial charge >= 0.3 is 0 Å². The molecular weight excluding hydrogens is 422 g/mol. The molecule has 0 aromatic carbocycles. The van der Waals surface area contributed by atoms with Crippen molar-refractivity contribution in [1.82, 2.24) is 0 Å². The molecule has 34 heavy (non-hydrogen) atoms. The molecule has 1 aliphatic heterocycles. The molecule has 2 atom stereocenters. The molecule has 1 aliphatic rings. The lowest BCUT2D eigenvalue weighted by atomic mass is 10.1. The molecule has 0 aromatic heterocycles. The molecule has 0 fully saturated rings. The molecule has 0 amide bonds. The van der Waals surface area contributed by atoms with Crippen LogP contribution in [0.5, 0.6) is 0 Å². The quantitative estimate of drug-likeness (QED) is 0.101. The minimum Gasteiger partial charge on any atom is -0.544 e. The number of unbranched alkanes of at least 4 members (excludes halogenated alkanes) is 16. The second kappa shape index (κ2) is 19.8. The third-order valence-corrected chi connectivity index (χ3v) is 7.07. The zero-order valence-electron chi connectivity index (χ0n) is 22.3. The van der Waals surface area contributed by atoms with E-state index in [1.807, 2.05) is 6.92 Å². The Hall–Kier alpha value is -1.46. The fourth-order valence-electron chi connectivity index (χ4n) is 4.81. The van der Waals surface area contributed by atoms with Gasteiger partial charge in [0.2, 0.25) is 5.84 Å². The normalized spacial score (nSPS) is 18.6. The third kappa shape index (κ3) is 13.4. The number of nitrogens with zero attached hydrogens (tertiary/aromatic N) is 2. The first kappa shape index (κ1) is 30.6. The molecule has 1 heterocycles. The van der Waals surface area contributed by atoms with Gasteiger partial charge in [-0.15, -0.1) is 0 Å². The average molecular weight is 476 g/mol. The number of rotatable bonds is 23. The zero-order chi connectivity index (χ0) is 24.9. The van der Waals surface area contributed by atoms with Crippen molar-refractivity contribution in [2.75, 3.05) is 6.54 Å². The first-order valence-corrected chi connectivity index (χ1v) is 14.3. The summed E-state index contributed by atoms with van der Waals surface area (Å²) in [5.74, 6) is -0.233. The maximum absolute atomic E-state index is 11.2. The third-order valence-electron chi connectivity index (χ3n) is 7.07. The predicted octanol–water partition coefficient (Wildman–Crippen LogP) is 6.73. The van der Waals surface area contributed by atoms with Crippen LogP contribution in [0.2, 0.25) is 0 Å². The highest BCUT2D eigenvalue weighted by atomic mass is 16.4. The van der Waals surface area contributed by atoms with Crippen molar-refractivity contribution in [3.05, 3.63) is 24.6 Å². The molecule has 0 aromatic rings. The van der Waals surface area contributed by atoms with E-state index in [0.29, 0.717) is 0 Å². The number of carboxylic acids is 1. The number of aliphatic imine (C=N–C) groups is 1. The van der Waals surface area contributed by atoms with Crippen LogP contribution in [0.1, 0.15) is 136 Å². The van der Waals surface area contributed by atoms with Crippen molar-refractivity contribution >= 4 is 11.8 Å². The Morgan fingerprint density at radius 2 is 1.35 bits per heavy atom. The molecule has 0 bridgehead atoms. The molecule has 0 saturated heterocycles. The Morgan fingerprint density at radius 1 is 0.882 bits per heavy atom. The van der Waals surface area contributed by atoms with Crippen LogP contribution in [0.4, 0.5) is 0 Å².